The van der Waals surface area contributed by atoms with E-state index in [2.05, 4.69) is 16.7 Å². The molecule has 0 radical (unpaired) electrons. The van der Waals surface area contributed by atoms with Gasteiger partial charge in [0.05, 0.1) is 5.69 Å². The van der Waals surface area contributed by atoms with Crippen molar-refractivity contribution in [3.05, 3.63) is 54.1 Å². The molecule has 3 N–H and O–H groups in total. The molecule has 1 amide bonds. The van der Waals surface area contributed by atoms with Crippen molar-refractivity contribution >= 4 is 24.3 Å². The van der Waals surface area contributed by atoms with Crippen LogP contribution in [0.1, 0.15) is 12.5 Å². The number of nitrogens with zero attached hydrogens (tertiary/aromatic N) is 3. The molecule has 8 heteroatoms. The second kappa shape index (κ2) is 6.55. The minimum Gasteiger partial charge on any atom is -0.369 e. The summed E-state index contributed by atoms with van der Waals surface area (Å²) in [6.45, 7) is 3.75. The number of guanidine groups is 1. The summed E-state index contributed by atoms with van der Waals surface area (Å²) < 4.78 is 25.9. The van der Waals surface area contributed by atoms with Gasteiger partial charge in [-0.15, -0.1) is 0 Å². The molecule has 0 aliphatic carbocycles. The maximum atomic E-state index is 13.0. The zero-order valence-corrected chi connectivity index (χ0v) is 14.6. The number of hydrogen-bond acceptors (Lipinski definition) is 5. The molecular formula is C19H18F2N4O2. The number of alkyl halides is 2. The van der Waals surface area contributed by atoms with Crippen molar-refractivity contribution in [3.63, 3.8) is 0 Å². The second-order valence-electron chi connectivity index (χ2n) is 6.39. The third-order valence-corrected chi connectivity index (χ3v) is 4.41. The fourth-order valence-corrected chi connectivity index (χ4v) is 3.02. The highest BCUT2D eigenvalue weighted by atomic mass is 19.3. The van der Waals surface area contributed by atoms with Gasteiger partial charge in [-0.05, 0) is 48.5 Å². The van der Waals surface area contributed by atoms with Gasteiger partial charge in [0.15, 0.2) is 11.5 Å². The van der Waals surface area contributed by atoms with Gasteiger partial charge in [0.25, 0.3) is 5.91 Å². The first-order chi connectivity index (χ1) is 12.6. The van der Waals surface area contributed by atoms with E-state index in [0.29, 0.717) is 16.2 Å². The number of hydrogen-bond donors (Lipinski definition) is 2. The molecule has 1 atom stereocenters. The lowest BCUT2D eigenvalue weighted by molar-refractivity contribution is -0.205. The fraction of sp³-hybridized carbons (Fsp3) is 0.211. The number of amides is 1. The molecule has 2 aromatic rings. The average Bonchev–Trinajstić information content (AvgIpc) is 2.85. The first kappa shape index (κ1) is 18.7. The topological polar surface area (TPSA) is 91.3 Å². The summed E-state index contributed by atoms with van der Waals surface area (Å²) in [4.78, 5) is 21.3. The lowest BCUT2D eigenvalue weighted by Gasteiger charge is -2.24. The number of aliphatic hydroxyl groups is 1. The first-order valence-corrected chi connectivity index (χ1v) is 8.09. The van der Waals surface area contributed by atoms with E-state index in [1.807, 2.05) is 24.3 Å². The molecule has 0 aromatic heterocycles. The molecule has 140 valence electrons. The Morgan fingerprint density at radius 1 is 1.26 bits per heavy atom. The van der Waals surface area contributed by atoms with Gasteiger partial charge in [0, 0.05) is 0 Å². The van der Waals surface area contributed by atoms with Gasteiger partial charge in [-0.1, -0.05) is 30.3 Å². The molecule has 0 spiro atoms. The Kier molecular flexibility index (Phi) is 4.52. The van der Waals surface area contributed by atoms with Crippen LogP contribution in [0.3, 0.4) is 0 Å². The summed E-state index contributed by atoms with van der Waals surface area (Å²) in [5.74, 6) is -1.09. The van der Waals surface area contributed by atoms with Crippen LogP contribution in [-0.2, 0) is 10.3 Å². The van der Waals surface area contributed by atoms with Gasteiger partial charge < -0.3 is 10.8 Å². The van der Waals surface area contributed by atoms with E-state index in [9.17, 15) is 13.6 Å². The monoisotopic (exact) mass is 372 g/mol. The molecule has 0 saturated carbocycles. The van der Waals surface area contributed by atoms with E-state index in [4.69, 9.17) is 10.8 Å². The van der Waals surface area contributed by atoms with E-state index in [1.165, 1.54) is 6.92 Å². The highest BCUT2D eigenvalue weighted by molar-refractivity contribution is 6.07. The molecule has 1 aliphatic rings. The van der Waals surface area contributed by atoms with Gasteiger partial charge in [0.1, 0.15) is 6.54 Å². The maximum Gasteiger partial charge on any atom is 0.371 e. The van der Waals surface area contributed by atoms with Crippen LogP contribution in [0.25, 0.3) is 11.1 Å². The molecule has 0 bridgehead atoms. The quantitative estimate of drug-likeness (QED) is 0.791. The number of rotatable bonds is 5. The molecule has 3 rings (SSSR count). The van der Waals surface area contributed by atoms with Crippen molar-refractivity contribution in [1.29, 1.82) is 0 Å². The average molecular weight is 372 g/mol. The Labute approximate surface area is 154 Å². The predicted octanol–water partition coefficient (Wildman–Crippen LogP) is 2.64. The summed E-state index contributed by atoms with van der Waals surface area (Å²) in [5.41, 5.74) is 7.05. The fourth-order valence-electron chi connectivity index (χ4n) is 3.02. The zero-order chi connectivity index (χ0) is 19.8. The Morgan fingerprint density at radius 2 is 1.89 bits per heavy atom. The molecule has 1 heterocycles. The van der Waals surface area contributed by atoms with Crippen molar-refractivity contribution in [2.75, 3.05) is 6.54 Å². The van der Waals surface area contributed by atoms with Crippen molar-refractivity contribution in [2.24, 2.45) is 15.7 Å². The Balaban J connectivity index is 1.99. The van der Waals surface area contributed by atoms with Crippen LogP contribution < -0.4 is 5.73 Å². The van der Waals surface area contributed by atoms with Crippen LogP contribution in [-0.4, -0.2) is 41.2 Å². The van der Waals surface area contributed by atoms with Gasteiger partial charge in [0.2, 0.25) is 0 Å². The van der Waals surface area contributed by atoms with Crippen molar-refractivity contribution in [1.82, 2.24) is 4.90 Å². The van der Waals surface area contributed by atoms with Gasteiger partial charge in [-0.25, -0.2) is 4.99 Å². The normalized spacial score (nSPS) is 19.9. The van der Waals surface area contributed by atoms with Crippen LogP contribution in [0, 0.1) is 0 Å². The van der Waals surface area contributed by atoms with Crippen molar-refractivity contribution in [2.45, 2.75) is 18.6 Å². The molecule has 0 saturated heterocycles. The largest absolute Gasteiger partial charge is 0.371 e. The number of aliphatic imine (C=N–C) groups is 2. The van der Waals surface area contributed by atoms with Crippen LogP contribution in [0.2, 0.25) is 0 Å². The van der Waals surface area contributed by atoms with Crippen LogP contribution in [0.5, 0.6) is 0 Å². The summed E-state index contributed by atoms with van der Waals surface area (Å²) in [6.07, 6.45) is -4.07. The molecule has 1 aliphatic heterocycles. The molecule has 6 nitrogen and oxygen atoms in total. The predicted molar refractivity (Wildman–Crippen MR) is 98.9 cm³/mol. The van der Waals surface area contributed by atoms with E-state index in [0.717, 1.165) is 11.1 Å². The first-order valence-electron chi connectivity index (χ1n) is 8.09. The molecular weight excluding hydrogens is 354 g/mol. The van der Waals surface area contributed by atoms with Crippen LogP contribution in [0.15, 0.2) is 58.5 Å². The van der Waals surface area contributed by atoms with Gasteiger partial charge in [-0.2, -0.15) is 8.78 Å². The minimum atomic E-state index is -4.07. The van der Waals surface area contributed by atoms with Crippen LogP contribution >= 0.6 is 0 Å². The SMILES string of the molecule is C=Nc1cccc(-c2cccc(C3(C)N=C(N)N(CC(O)(F)F)C3=O)c2)c1. The number of halogens is 2. The number of benzene rings is 2. The highest BCUT2D eigenvalue weighted by Crippen LogP contribution is 2.35. The van der Waals surface area contributed by atoms with E-state index in [-0.39, 0.29) is 5.96 Å². The van der Waals surface area contributed by atoms with Crippen LogP contribution in [0.4, 0.5) is 14.5 Å². The van der Waals surface area contributed by atoms with Crippen molar-refractivity contribution < 1.29 is 18.7 Å². The van der Waals surface area contributed by atoms with E-state index < -0.39 is 24.1 Å². The van der Waals surface area contributed by atoms with E-state index in [1.54, 1.807) is 24.3 Å². The maximum absolute atomic E-state index is 13.0. The molecule has 1 unspecified atom stereocenters. The molecule has 2 aromatic carbocycles. The lowest BCUT2D eigenvalue weighted by atomic mass is 9.89. The molecule has 0 fully saturated rings. The third kappa shape index (κ3) is 3.56. The number of carbonyl (C=O) groups is 1. The smallest absolute Gasteiger partial charge is 0.369 e. The number of β-amino-alcohol motifs (C(OH)–C–C–N with tert-alkyl or cyclic N) is 1. The number of carbonyl (C=O) groups excluding carboxylic acids is 1. The number of nitrogens with two attached hydrogens (primary N) is 1. The highest BCUT2D eigenvalue weighted by Gasteiger charge is 2.48. The van der Waals surface area contributed by atoms with Gasteiger partial charge in [-0.3, -0.25) is 14.7 Å². The summed E-state index contributed by atoms with van der Waals surface area (Å²) >= 11 is 0. The van der Waals surface area contributed by atoms with Crippen molar-refractivity contribution in [3.8, 4) is 11.1 Å². The van der Waals surface area contributed by atoms with E-state index >= 15 is 0 Å². The third-order valence-electron chi connectivity index (χ3n) is 4.41. The van der Waals surface area contributed by atoms with Gasteiger partial charge >= 0.3 is 6.11 Å². The molecule has 27 heavy (non-hydrogen) atoms. The zero-order valence-electron chi connectivity index (χ0n) is 14.6. The summed E-state index contributed by atoms with van der Waals surface area (Å²) in [7, 11) is 0. The Hall–Kier alpha value is -3.13. The minimum absolute atomic E-state index is 0.362. The lowest BCUT2D eigenvalue weighted by Crippen LogP contribution is -2.47. The standard InChI is InChI=1S/C19H18F2N4O2/c1-18(16(26)25(17(22)24-18)11-19(20,21)27)14-7-3-5-12(9-14)13-6-4-8-15(10-13)23-2/h3-10,27H,2,11H2,1H3,(H2,22,24). The summed E-state index contributed by atoms with van der Waals surface area (Å²) in [5, 5.41) is 8.74. The second-order valence-corrected chi connectivity index (χ2v) is 6.39. The Morgan fingerprint density at radius 3 is 2.52 bits per heavy atom. The summed E-state index contributed by atoms with van der Waals surface area (Å²) in [6, 6.07) is 14.4. The Bertz CT molecular complexity index is 939.